The summed E-state index contributed by atoms with van der Waals surface area (Å²) in [6.45, 7) is 1.78. The van der Waals surface area contributed by atoms with E-state index in [9.17, 15) is 4.79 Å². The summed E-state index contributed by atoms with van der Waals surface area (Å²) >= 11 is 0. The first-order valence-corrected chi connectivity index (χ1v) is 8.96. The molecule has 2 aliphatic rings. The second-order valence-electron chi connectivity index (χ2n) is 6.69. The van der Waals surface area contributed by atoms with Crippen molar-refractivity contribution in [2.24, 2.45) is 7.05 Å². The van der Waals surface area contributed by atoms with Crippen LogP contribution in [0.15, 0.2) is 12.5 Å². The number of aryl methyl sites for hydroxylation is 1. The van der Waals surface area contributed by atoms with Gasteiger partial charge in [-0.1, -0.05) is 12.8 Å². The van der Waals surface area contributed by atoms with Gasteiger partial charge in [0.25, 0.3) is 0 Å². The highest BCUT2D eigenvalue weighted by Gasteiger charge is 2.26. The summed E-state index contributed by atoms with van der Waals surface area (Å²) in [6, 6.07) is -0.00456. The van der Waals surface area contributed by atoms with E-state index in [1.807, 2.05) is 17.8 Å². The first-order valence-electron chi connectivity index (χ1n) is 8.96. The maximum absolute atomic E-state index is 12.0. The molecule has 7 heteroatoms. The van der Waals surface area contributed by atoms with Gasteiger partial charge in [-0.05, 0) is 25.7 Å². The van der Waals surface area contributed by atoms with Crippen molar-refractivity contribution in [2.75, 3.05) is 19.8 Å². The largest absolute Gasteiger partial charge is 0.376 e. The van der Waals surface area contributed by atoms with Gasteiger partial charge in [-0.15, -0.1) is 0 Å². The summed E-state index contributed by atoms with van der Waals surface area (Å²) in [6.07, 6.45) is 10.4. The maximum atomic E-state index is 12.0. The predicted molar refractivity (Wildman–Crippen MR) is 89.7 cm³/mol. The quantitative estimate of drug-likeness (QED) is 0.778. The zero-order valence-corrected chi connectivity index (χ0v) is 14.4. The van der Waals surface area contributed by atoms with Gasteiger partial charge in [0.2, 0.25) is 0 Å². The summed E-state index contributed by atoms with van der Waals surface area (Å²) in [5.74, 6) is 0. The maximum Gasteiger partial charge on any atom is 0.315 e. The molecular formula is C17H28N4O3. The number of carbonyl (C=O) groups excluding carboxylic acids is 1. The van der Waals surface area contributed by atoms with Crippen molar-refractivity contribution in [3.63, 3.8) is 0 Å². The lowest BCUT2D eigenvalue weighted by atomic mass is 10.0. The smallest absolute Gasteiger partial charge is 0.315 e. The molecular weight excluding hydrogens is 308 g/mol. The number of hydrogen-bond donors (Lipinski definition) is 2. The fourth-order valence-electron chi connectivity index (χ4n) is 3.49. The second-order valence-corrected chi connectivity index (χ2v) is 6.69. The number of aromatic nitrogens is 2. The molecule has 1 aliphatic carbocycles. The molecule has 0 bridgehead atoms. The summed E-state index contributed by atoms with van der Waals surface area (Å²) in [4.78, 5) is 16.2. The number of amides is 2. The van der Waals surface area contributed by atoms with Crippen molar-refractivity contribution in [1.82, 2.24) is 20.2 Å². The molecule has 24 heavy (non-hydrogen) atoms. The number of nitrogens with one attached hydrogen (secondary N) is 2. The van der Waals surface area contributed by atoms with Gasteiger partial charge in [0.05, 0.1) is 30.9 Å². The number of imidazole rings is 1. The number of ether oxygens (including phenoxy) is 2. The Labute approximate surface area is 143 Å². The van der Waals surface area contributed by atoms with Gasteiger partial charge in [-0.3, -0.25) is 0 Å². The Hall–Kier alpha value is -1.60. The van der Waals surface area contributed by atoms with E-state index in [1.165, 1.54) is 12.8 Å². The van der Waals surface area contributed by atoms with Crippen LogP contribution in [0.2, 0.25) is 0 Å². The standard InChI is InChI=1S/C17H28N4O3/c1-21-12-18-11-15(21)16-10-13(6-8-24-16)20-17(22)19-7-9-23-14-4-2-3-5-14/h11-14,16H,2-10H2,1H3,(H2,19,20,22)/t13-,16-/m0/s1. The fraction of sp³-hybridized carbons (Fsp3) is 0.765. The molecule has 7 nitrogen and oxygen atoms in total. The highest BCUT2D eigenvalue weighted by molar-refractivity contribution is 5.74. The van der Waals surface area contributed by atoms with E-state index in [-0.39, 0.29) is 18.2 Å². The van der Waals surface area contributed by atoms with Gasteiger partial charge in [-0.2, -0.15) is 0 Å². The van der Waals surface area contributed by atoms with Crippen molar-refractivity contribution >= 4 is 6.03 Å². The van der Waals surface area contributed by atoms with Crippen LogP contribution in [0, 0.1) is 0 Å². The molecule has 2 fully saturated rings. The van der Waals surface area contributed by atoms with E-state index in [0.29, 0.717) is 25.9 Å². The monoisotopic (exact) mass is 336 g/mol. The molecule has 1 aliphatic heterocycles. The van der Waals surface area contributed by atoms with E-state index in [0.717, 1.165) is 31.4 Å². The van der Waals surface area contributed by atoms with Crippen LogP contribution in [0.1, 0.15) is 50.3 Å². The molecule has 2 amide bonds. The van der Waals surface area contributed by atoms with Crippen molar-refractivity contribution in [2.45, 2.75) is 56.8 Å². The van der Waals surface area contributed by atoms with E-state index in [1.54, 1.807) is 6.33 Å². The normalized spacial score (nSPS) is 24.9. The Morgan fingerprint density at radius 3 is 3.00 bits per heavy atom. The highest BCUT2D eigenvalue weighted by atomic mass is 16.5. The first kappa shape index (κ1) is 17.2. The van der Waals surface area contributed by atoms with Gasteiger partial charge in [0.15, 0.2) is 0 Å². The van der Waals surface area contributed by atoms with Gasteiger partial charge in [-0.25, -0.2) is 9.78 Å². The Morgan fingerprint density at radius 1 is 1.42 bits per heavy atom. The van der Waals surface area contributed by atoms with Crippen LogP contribution in [0.5, 0.6) is 0 Å². The average molecular weight is 336 g/mol. The van der Waals surface area contributed by atoms with E-state index in [4.69, 9.17) is 9.47 Å². The summed E-state index contributed by atoms with van der Waals surface area (Å²) in [7, 11) is 1.96. The van der Waals surface area contributed by atoms with E-state index >= 15 is 0 Å². The highest BCUT2D eigenvalue weighted by Crippen LogP contribution is 2.27. The zero-order chi connectivity index (χ0) is 16.8. The van der Waals surface area contributed by atoms with Crippen LogP contribution >= 0.6 is 0 Å². The van der Waals surface area contributed by atoms with Crippen molar-refractivity contribution in [3.05, 3.63) is 18.2 Å². The molecule has 3 rings (SSSR count). The number of rotatable bonds is 6. The minimum absolute atomic E-state index is 0.0118. The minimum atomic E-state index is -0.124. The molecule has 1 saturated carbocycles. The Balaban J connectivity index is 1.35. The molecule has 0 aromatic carbocycles. The third kappa shape index (κ3) is 4.70. The Bertz CT molecular complexity index is 528. The number of urea groups is 1. The molecule has 1 aromatic heterocycles. The predicted octanol–water partition coefficient (Wildman–Crippen LogP) is 1.90. The van der Waals surface area contributed by atoms with E-state index < -0.39 is 0 Å². The summed E-state index contributed by atoms with van der Waals surface area (Å²) in [5, 5.41) is 5.92. The lowest BCUT2D eigenvalue weighted by Crippen LogP contribution is -2.46. The van der Waals surface area contributed by atoms with Crippen LogP contribution in [0.4, 0.5) is 4.79 Å². The third-order valence-electron chi connectivity index (χ3n) is 4.85. The molecule has 0 unspecified atom stereocenters. The second kappa shape index (κ2) is 8.48. The average Bonchev–Trinajstić information content (AvgIpc) is 3.23. The van der Waals surface area contributed by atoms with Gasteiger partial charge in [0, 0.05) is 26.2 Å². The Kier molecular flexibility index (Phi) is 6.09. The van der Waals surface area contributed by atoms with Crippen molar-refractivity contribution < 1.29 is 14.3 Å². The van der Waals surface area contributed by atoms with Gasteiger partial charge >= 0.3 is 6.03 Å². The first-order chi connectivity index (χ1) is 11.7. The lowest BCUT2D eigenvalue weighted by Gasteiger charge is -2.30. The molecule has 0 spiro atoms. The molecule has 2 atom stereocenters. The fourth-order valence-corrected chi connectivity index (χ4v) is 3.49. The third-order valence-corrected chi connectivity index (χ3v) is 4.85. The SMILES string of the molecule is Cn1cncc1[C@@H]1C[C@@H](NC(=O)NCCOC2CCCC2)CCO1. The number of carbonyl (C=O) groups is 1. The van der Waals surface area contributed by atoms with Gasteiger partial charge < -0.3 is 24.7 Å². The molecule has 2 heterocycles. The Morgan fingerprint density at radius 2 is 2.25 bits per heavy atom. The molecule has 1 saturated heterocycles. The van der Waals surface area contributed by atoms with Crippen LogP contribution in [0.25, 0.3) is 0 Å². The molecule has 134 valence electrons. The van der Waals surface area contributed by atoms with Crippen LogP contribution < -0.4 is 10.6 Å². The van der Waals surface area contributed by atoms with Crippen LogP contribution in [-0.2, 0) is 16.5 Å². The molecule has 1 aromatic rings. The molecule has 2 N–H and O–H groups in total. The van der Waals surface area contributed by atoms with Crippen molar-refractivity contribution in [1.29, 1.82) is 0 Å². The molecule has 0 radical (unpaired) electrons. The summed E-state index contributed by atoms with van der Waals surface area (Å²) in [5.41, 5.74) is 1.05. The summed E-state index contributed by atoms with van der Waals surface area (Å²) < 4.78 is 13.5. The zero-order valence-electron chi connectivity index (χ0n) is 14.4. The number of hydrogen-bond acceptors (Lipinski definition) is 4. The topological polar surface area (TPSA) is 77.4 Å². The van der Waals surface area contributed by atoms with Gasteiger partial charge in [0.1, 0.15) is 6.10 Å². The lowest BCUT2D eigenvalue weighted by molar-refractivity contribution is -0.00186. The van der Waals surface area contributed by atoms with Crippen LogP contribution in [0.3, 0.4) is 0 Å². The van der Waals surface area contributed by atoms with Crippen molar-refractivity contribution in [3.8, 4) is 0 Å². The van der Waals surface area contributed by atoms with E-state index in [2.05, 4.69) is 15.6 Å². The van der Waals surface area contributed by atoms with Crippen LogP contribution in [-0.4, -0.2) is 47.5 Å². The minimum Gasteiger partial charge on any atom is -0.376 e. The number of nitrogens with zero attached hydrogens (tertiary/aromatic N) is 2.